The van der Waals surface area contributed by atoms with Crippen LogP contribution in [0.5, 0.6) is 0 Å². The van der Waals surface area contributed by atoms with E-state index >= 15 is 0 Å². The number of aromatic nitrogens is 8. The maximum Gasteiger partial charge on any atom is 0.0690 e. The van der Waals surface area contributed by atoms with E-state index < -0.39 is 0 Å². The third-order valence-electron chi connectivity index (χ3n) is 24.7. The van der Waals surface area contributed by atoms with E-state index in [-0.39, 0.29) is 16.4 Å². The van der Waals surface area contributed by atoms with Gasteiger partial charge in [-0.15, -0.1) is 0 Å². The highest BCUT2D eigenvalue weighted by molar-refractivity contribution is 5.23. The average molecular weight is 1390 g/mol. The SMILES string of the molecule is CCCCN(C)Cc1ccnn1C1CCC2(CC1)CC(C)(C)CO2.CCCCN(C)Cc1ccnn1C1CCC2(CCCC2)CC1.CCCCN(C)Cc1cn[nH]c1C1CCC(C)(C)[C@H](OCC2CCOCC2)C1.CCCCN(C)Cc1cn[nH]c1C1CCC(C)(C)[C@H](OCCCOC)C1. The quantitative estimate of drug-likeness (QED) is 0.0447. The number of aromatic amines is 2. The van der Waals surface area contributed by atoms with Crippen LogP contribution in [0.3, 0.4) is 0 Å². The van der Waals surface area contributed by atoms with Crippen LogP contribution in [0, 0.1) is 27.6 Å². The Morgan fingerprint density at radius 2 is 0.980 bits per heavy atom. The summed E-state index contributed by atoms with van der Waals surface area (Å²) in [6, 6.07) is 5.62. The lowest BCUT2D eigenvalue weighted by Gasteiger charge is -2.42. The van der Waals surface area contributed by atoms with Crippen molar-refractivity contribution in [3.63, 3.8) is 0 Å². The monoisotopic (exact) mass is 1390 g/mol. The van der Waals surface area contributed by atoms with E-state index in [2.05, 4.69) is 169 Å². The van der Waals surface area contributed by atoms with Gasteiger partial charge in [-0.25, -0.2) is 0 Å². The molecule has 11 rings (SSSR count). The van der Waals surface area contributed by atoms with Crippen LogP contribution in [0.4, 0.5) is 0 Å². The van der Waals surface area contributed by atoms with Gasteiger partial charge >= 0.3 is 0 Å². The molecule has 0 aromatic carbocycles. The molecule has 0 radical (unpaired) electrons. The summed E-state index contributed by atoms with van der Waals surface area (Å²) in [5.41, 5.74) is 9.89. The summed E-state index contributed by atoms with van der Waals surface area (Å²) in [5, 5.41) is 24.8. The van der Waals surface area contributed by atoms with E-state index in [9.17, 15) is 0 Å². The maximum atomic E-state index is 6.54. The lowest BCUT2D eigenvalue weighted by molar-refractivity contribution is -0.0797. The van der Waals surface area contributed by atoms with Crippen molar-refractivity contribution >= 4 is 0 Å². The van der Waals surface area contributed by atoms with Crippen molar-refractivity contribution in [3.8, 4) is 0 Å². The van der Waals surface area contributed by atoms with Crippen molar-refractivity contribution in [3.05, 3.63) is 70.8 Å². The number of methoxy groups -OCH3 is 1. The third kappa shape index (κ3) is 25.1. The second-order valence-corrected chi connectivity index (χ2v) is 35.0. The summed E-state index contributed by atoms with van der Waals surface area (Å²) < 4.78 is 34.4. The largest absolute Gasteiger partial charge is 0.385 e. The Hall–Kier alpha value is -3.52. The molecule has 2 N–H and O–H groups in total. The molecule has 2 aliphatic heterocycles. The van der Waals surface area contributed by atoms with Crippen LogP contribution in [0.2, 0.25) is 0 Å². The summed E-state index contributed by atoms with van der Waals surface area (Å²) >= 11 is 0. The number of nitrogens with zero attached hydrogens (tertiary/aromatic N) is 10. The molecule has 5 aliphatic carbocycles. The van der Waals surface area contributed by atoms with E-state index in [4.69, 9.17) is 23.7 Å². The van der Waals surface area contributed by atoms with Crippen molar-refractivity contribution in [2.45, 2.75) is 330 Å². The number of unbranched alkanes of at least 4 members (excludes halogenated alkanes) is 4. The third-order valence-corrected chi connectivity index (χ3v) is 24.7. The Kier molecular flexibility index (Phi) is 33.5. The zero-order valence-corrected chi connectivity index (χ0v) is 66.6. The van der Waals surface area contributed by atoms with E-state index in [0.717, 1.165) is 116 Å². The molecule has 17 heteroatoms. The average Bonchev–Trinajstić information content (AvgIpc) is 1.70. The predicted molar refractivity (Wildman–Crippen MR) is 410 cm³/mol. The van der Waals surface area contributed by atoms with Crippen LogP contribution in [0.15, 0.2) is 36.9 Å². The molecule has 4 aromatic heterocycles. The van der Waals surface area contributed by atoms with Gasteiger partial charge in [-0.05, 0) is 248 Å². The fourth-order valence-corrected chi connectivity index (χ4v) is 18.0. The van der Waals surface area contributed by atoms with Crippen LogP contribution in [0.1, 0.15) is 320 Å². The Bertz CT molecular complexity index is 2830. The fraction of sp³-hybridized carbons (Fsp3) is 0.855. The number of H-pyrrole nitrogens is 2. The lowest BCUT2D eigenvalue weighted by atomic mass is 9.69. The van der Waals surface area contributed by atoms with Crippen molar-refractivity contribution in [2.24, 2.45) is 27.6 Å². The number of hydrogen-bond acceptors (Lipinski definition) is 13. The summed E-state index contributed by atoms with van der Waals surface area (Å²) in [4.78, 5) is 9.69. The number of nitrogens with one attached hydrogen (secondary N) is 2. The Labute approximate surface area is 609 Å². The van der Waals surface area contributed by atoms with Crippen molar-refractivity contribution in [1.82, 2.24) is 59.6 Å². The molecule has 7 aliphatic rings. The molecule has 7 fully saturated rings. The fourth-order valence-electron chi connectivity index (χ4n) is 18.0. The molecule has 0 bridgehead atoms. The van der Waals surface area contributed by atoms with Crippen LogP contribution < -0.4 is 0 Å². The normalized spacial score (nSPS) is 23.7. The minimum absolute atomic E-state index is 0.158. The molecular weight excluding hydrogens is 1240 g/mol. The standard InChI is InChI=1S/C23H41N3O2.C21H39N3O2.C20H35N3O.C19H33N3/c1-5-6-11-26(4)16-20-15-24-25-22(20)19-7-10-23(2,3)21(14-19)28-17-18-8-12-27-13-9-18;1-6-7-11-24(4)16-18-15-22-23-20(18)17-9-10-21(2,3)19(14-17)26-13-8-12-25-5;1-5-6-13-22(4)14-18-9-12-21-23(18)17-7-10-20(11-8-17)15-19(2,3)16-24-20;1-3-4-15-21(2)16-18-9-14-20-22(18)17-7-12-19(13-8-17)10-5-6-11-19/h15,18-19,21H,5-14,16-17H2,1-4H3,(H,24,25);15,17,19H,6-14,16H2,1-5H3,(H,22,23);9,12,17H,5-8,10-11,13-16H2,1-4H3;9,14,17H,3-8,10-13,15-16H2,1-2H3/t19?,21-;17?,19-;;/m11../s1. The summed E-state index contributed by atoms with van der Waals surface area (Å²) in [7, 11) is 10.6. The second-order valence-electron chi connectivity index (χ2n) is 35.0. The number of hydrogen-bond donors (Lipinski definition) is 2. The summed E-state index contributed by atoms with van der Waals surface area (Å²) in [6.07, 6.45) is 46.4. The van der Waals surface area contributed by atoms with Gasteiger partial charge in [-0.3, -0.25) is 19.6 Å². The topological polar surface area (TPSA) is 152 Å². The van der Waals surface area contributed by atoms with Crippen LogP contribution >= 0.6 is 0 Å². The lowest BCUT2D eigenvalue weighted by Crippen LogP contribution is -2.39. The van der Waals surface area contributed by atoms with Crippen LogP contribution in [-0.2, 0) is 49.9 Å². The van der Waals surface area contributed by atoms with E-state index in [0.29, 0.717) is 47.5 Å². The molecule has 570 valence electrons. The van der Waals surface area contributed by atoms with Gasteiger partial charge in [0.25, 0.3) is 0 Å². The highest BCUT2D eigenvalue weighted by Gasteiger charge is 2.47. The minimum Gasteiger partial charge on any atom is -0.385 e. The summed E-state index contributed by atoms with van der Waals surface area (Å²) in [5.74, 6) is 1.72. The van der Waals surface area contributed by atoms with E-state index in [1.165, 1.54) is 208 Å². The first-order chi connectivity index (χ1) is 48.1. The summed E-state index contributed by atoms with van der Waals surface area (Å²) in [6.45, 7) is 36.9. The Morgan fingerprint density at radius 3 is 1.42 bits per heavy atom. The van der Waals surface area contributed by atoms with Gasteiger partial charge in [-0.1, -0.05) is 108 Å². The number of ether oxygens (including phenoxy) is 5. The first kappa shape index (κ1) is 82.1. The highest BCUT2D eigenvalue weighted by atomic mass is 16.5. The van der Waals surface area contributed by atoms with Crippen molar-refractivity contribution in [2.75, 3.05) is 101 Å². The minimum atomic E-state index is 0.158. The first-order valence-corrected chi connectivity index (χ1v) is 40.9. The van der Waals surface area contributed by atoms with Gasteiger partial charge in [0.15, 0.2) is 0 Å². The molecule has 100 heavy (non-hydrogen) atoms. The van der Waals surface area contributed by atoms with Crippen LogP contribution in [-0.4, -0.2) is 178 Å². The van der Waals surface area contributed by atoms with Crippen molar-refractivity contribution in [1.29, 1.82) is 0 Å². The molecule has 0 amide bonds. The molecule has 2 unspecified atom stereocenters. The van der Waals surface area contributed by atoms with Gasteiger partial charge in [0, 0.05) is 113 Å². The van der Waals surface area contributed by atoms with E-state index in [1.54, 1.807) is 7.11 Å². The van der Waals surface area contributed by atoms with Gasteiger partial charge in [0.1, 0.15) is 0 Å². The highest BCUT2D eigenvalue weighted by Crippen LogP contribution is 2.52. The molecule has 17 nitrogen and oxygen atoms in total. The van der Waals surface area contributed by atoms with Crippen molar-refractivity contribution < 1.29 is 23.7 Å². The molecular formula is C83H148N12O5. The zero-order chi connectivity index (χ0) is 71.6. The maximum absolute atomic E-state index is 6.54. The zero-order valence-electron chi connectivity index (χ0n) is 66.6. The van der Waals surface area contributed by atoms with Gasteiger partial charge in [0.05, 0.1) is 60.3 Å². The smallest absolute Gasteiger partial charge is 0.0690 e. The van der Waals surface area contributed by atoms with E-state index in [1.807, 2.05) is 24.8 Å². The van der Waals surface area contributed by atoms with Gasteiger partial charge in [-0.2, -0.15) is 20.4 Å². The second kappa shape index (κ2) is 40.8. The molecule has 4 atom stereocenters. The molecule has 6 heterocycles. The molecule has 5 saturated carbocycles. The van der Waals surface area contributed by atoms with Gasteiger partial charge in [0.2, 0.25) is 0 Å². The van der Waals surface area contributed by atoms with Gasteiger partial charge < -0.3 is 43.3 Å². The molecule has 4 aromatic rings. The molecule has 2 saturated heterocycles. The Morgan fingerprint density at radius 1 is 0.530 bits per heavy atom. The van der Waals surface area contributed by atoms with Crippen LogP contribution in [0.25, 0.3) is 0 Å². The number of rotatable bonds is 32. The molecule has 2 spiro atoms. The first-order valence-electron chi connectivity index (χ1n) is 40.9. The Balaban J connectivity index is 0.000000170. The predicted octanol–water partition coefficient (Wildman–Crippen LogP) is 18.3.